The highest BCUT2D eigenvalue weighted by atomic mass is 32.2. The van der Waals surface area contributed by atoms with E-state index in [2.05, 4.69) is 6.07 Å². The van der Waals surface area contributed by atoms with Crippen molar-refractivity contribution in [2.24, 2.45) is 0 Å². The summed E-state index contributed by atoms with van der Waals surface area (Å²) in [5, 5.41) is 2.02. The van der Waals surface area contributed by atoms with Gasteiger partial charge in [0, 0.05) is 11.4 Å². The van der Waals surface area contributed by atoms with Gasteiger partial charge in [-0.25, -0.2) is 0 Å². The average Bonchev–Trinajstić information content (AvgIpc) is 3.38. The number of fused-ring (bicyclic) bond motifs is 1. The Labute approximate surface area is 172 Å². The second-order valence-electron chi connectivity index (χ2n) is 6.73. The number of carbonyl (C=O) groups excluding carboxylic acids is 2. The third kappa shape index (κ3) is 3.46. The third-order valence-corrected chi connectivity index (χ3v) is 7.03. The molecule has 2 aliphatic rings. The van der Waals surface area contributed by atoms with E-state index in [0.717, 1.165) is 22.4 Å². The molecule has 1 aromatic carbocycles. The molecule has 0 radical (unpaired) electrons. The number of carbonyl (C=O) groups is 2. The van der Waals surface area contributed by atoms with E-state index in [1.807, 2.05) is 28.5 Å². The Morgan fingerprint density at radius 2 is 2.04 bits per heavy atom. The van der Waals surface area contributed by atoms with Gasteiger partial charge < -0.3 is 19.3 Å². The van der Waals surface area contributed by atoms with Crippen LogP contribution in [0.5, 0.6) is 11.5 Å². The topological polar surface area (TPSA) is 59.1 Å². The minimum atomic E-state index is -0.179. The number of benzene rings is 1. The van der Waals surface area contributed by atoms with E-state index in [-0.39, 0.29) is 24.4 Å². The molecular weight excluding hydrogens is 396 g/mol. The maximum atomic E-state index is 13.2. The molecule has 2 aromatic rings. The highest BCUT2D eigenvalue weighted by Gasteiger charge is 2.35. The van der Waals surface area contributed by atoms with Gasteiger partial charge in [0.05, 0.1) is 31.9 Å². The molecule has 0 bridgehead atoms. The molecule has 0 saturated carbocycles. The number of nitrogens with zero attached hydrogens (tertiary/aromatic N) is 2. The van der Waals surface area contributed by atoms with Gasteiger partial charge in [0.1, 0.15) is 6.54 Å². The van der Waals surface area contributed by atoms with Crippen LogP contribution in [-0.2, 0) is 16.0 Å². The molecule has 8 heteroatoms. The van der Waals surface area contributed by atoms with Crippen molar-refractivity contribution >= 4 is 34.9 Å². The van der Waals surface area contributed by atoms with Gasteiger partial charge in [-0.15, -0.1) is 23.1 Å². The Hall–Kier alpha value is -2.19. The number of thiophene rings is 1. The summed E-state index contributed by atoms with van der Waals surface area (Å²) in [7, 11) is 3.25. The van der Waals surface area contributed by atoms with E-state index in [0.29, 0.717) is 29.7 Å². The van der Waals surface area contributed by atoms with Crippen molar-refractivity contribution in [1.82, 2.24) is 9.80 Å². The molecule has 3 heterocycles. The van der Waals surface area contributed by atoms with Crippen molar-refractivity contribution in [2.75, 3.05) is 38.9 Å². The smallest absolute Gasteiger partial charge is 0.243 e. The average molecular weight is 419 g/mol. The molecule has 1 unspecified atom stereocenters. The van der Waals surface area contributed by atoms with Crippen LogP contribution in [0.15, 0.2) is 29.6 Å². The van der Waals surface area contributed by atoms with Gasteiger partial charge in [0.2, 0.25) is 11.8 Å². The first-order valence-corrected chi connectivity index (χ1v) is 11.1. The van der Waals surface area contributed by atoms with Gasteiger partial charge in [0.25, 0.3) is 0 Å². The Kier molecular flexibility index (Phi) is 5.50. The van der Waals surface area contributed by atoms with E-state index < -0.39 is 0 Å². The molecule has 0 spiro atoms. The minimum absolute atomic E-state index is 0.0188. The number of rotatable bonds is 5. The monoisotopic (exact) mass is 418 g/mol. The van der Waals surface area contributed by atoms with Crippen molar-refractivity contribution < 1.29 is 19.1 Å². The van der Waals surface area contributed by atoms with E-state index in [4.69, 9.17) is 9.47 Å². The second-order valence-corrected chi connectivity index (χ2v) is 8.66. The van der Waals surface area contributed by atoms with Gasteiger partial charge in [-0.05, 0) is 41.1 Å². The van der Waals surface area contributed by atoms with Crippen LogP contribution in [-0.4, -0.2) is 60.6 Å². The van der Waals surface area contributed by atoms with E-state index >= 15 is 0 Å². The van der Waals surface area contributed by atoms with Gasteiger partial charge in [0.15, 0.2) is 11.5 Å². The highest BCUT2D eigenvalue weighted by molar-refractivity contribution is 8.00. The van der Waals surface area contributed by atoms with Crippen molar-refractivity contribution in [1.29, 1.82) is 0 Å². The Balaban J connectivity index is 1.70. The van der Waals surface area contributed by atoms with Crippen LogP contribution in [0, 0.1) is 0 Å². The lowest BCUT2D eigenvalue weighted by molar-refractivity contribution is -0.139. The van der Waals surface area contributed by atoms with E-state index in [9.17, 15) is 9.59 Å². The van der Waals surface area contributed by atoms with Crippen molar-refractivity contribution in [3.63, 3.8) is 0 Å². The van der Waals surface area contributed by atoms with Crippen molar-refractivity contribution in [2.45, 2.75) is 12.5 Å². The van der Waals surface area contributed by atoms with Crippen LogP contribution >= 0.6 is 23.1 Å². The SMILES string of the molecule is COc1cc2c(cc1OC)C(c1cccs1)N(C(=O)CN1CSCC1=O)CC2. The first-order chi connectivity index (χ1) is 13.6. The van der Waals surface area contributed by atoms with Crippen molar-refractivity contribution in [3.05, 3.63) is 45.6 Å². The largest absolute Gasteiger partial charge is 0.493 e. The zero-order valence-corrected chi connectivity index (χ0v) is 17.5. The Morgan fingerprint density at radius 1 is 1.25 bits per heavy atom. The molecule has 0 aliphatic carbocycles. The lowest BCUT2D eigenvalue weighted by Crippen LogP contribution is -2.45. The molecule has 4 rings (SSSR count). The molecule has 2 amide bonds. The predicted molar refractivity (Wildman–Crippen MR) is 110 cm³/mol. The van der Waals surface area contributed by atoms with Crippen LogP contribution in [0.2, 0.25) is 0 Å². The van der Waals surface area contributed by atoms with Gasteiger partial charge in [-0.3, -0.25) is 9.59 Å². The van der Waals surface area contributed by atoms with Crippen LogP contribution in [0.4, 0.5) is 0 Å². The quantitative estimate of drug-likeness (QED) is 0.747. The summed E-state index contributed by atoms with van der Waals surface area (Å²) in [5.41, 5.74) is 2.22. The van der Waals surface area contributed by atoms with Crippen LogP contribution in [0.25, 0.3) is 0 Å². The predicted octanol–water partition coefficient (Wildman–Crippen LogP) is 2.77. The number of thioether (sulfide) groups is 1. The maximum absolute atomic E-state index is 13.2. The summed E-state index contributed by atoms with van der Waals surface area (Å²) in [5.74, 6) is 2.42. The van der Waals surface area contributed by atoms with Crippen LogP contribution < -0.4 is 9.47 Å². The van der Waals surface area contributed by atoms with Gasteiger partial charge in [-0.2, -0.15) is 0 Å². The Morgan fingerprint density at radius 3 is 2.68 bits per heavy atom. The number of hydrogen-bond donors (Lipinski definition) is 0. The summed E-state index contributed by atoms with van der Waals surface area (Å²) in [6.45, 7) is 0.745. The summed E-state index contributed by atoms with van der Waals surface area (Å²) >= 11 is 3.18. The first-order valence-electron chi connectivity index (χ1n) is 9.05. The normalized spacial score (nSPS) is 18.9. The minimum Gasteiger partial charge on any atom is -0.493 e. The summed E-state index contributed by atoms with van der Waals surface area (Å²) < 4.78 is 11.0. The molecule has 1 fully saturated rings. The number of ether oxygens (including phenoxy) is 2. The van der Waals surface area contributed by atoms with Crippen LogP contribution in [0.1, 0.15) is 22.0 Å². The zero-order valence-electron chi connectivity index (χ0n) is 15.8. The number of amides is 2. The fraction of sp³-hybridized carbons (Fsp3) is 0.400. The van der Waals surface area contributed by atoms with Crippen LogP contribution in [0.3, 0.4) is 0 Å². The Bertz CT molecular complexity index is 885. The molecule has 6 nitrogen and oxygen atoms in total. The fourth-order valence-corrected chi connectivity index (χ4v) is 5.52. The molecule has 1 aromatic heterocycles. The fourth-order valence-electron chi connectivity index (χ4n) is 3.76. The first kappa shape index (κ1) is 19.1. The van der Waals surface area contributed by atoms with E-state index in [1.165, 1.54) is 0 Å². The highest BCUT2D eigenvalue weighted by Crippen LogP contribution is 2.42. The molecular formula is C20H22N2O4S2. The molecule has 2 aliphatic heterocycles. The lowest BCUT2D eigenvalue weighted by atomic mass is 9.90. The molecule has 0 N–H and O–H groups in total. The maximum Gasteiger partial charge on any atom is 0.243 e. The van der Waals surface area contributed by atoms with E-state index in [1.54, 1.807) is 42.2 Å². The van der Waals surface area contributed by atoms with Gasteiger partial charge >= 0.3 is 0 Å². The summed E-state index contributed by atoms with van der Waals surface area (Å²) in [6, 6.07) is 7.87. The van der Waals surface area contributed by atoms with Gasteiger partial charge in [-0.1, -0.05) is 6.07 Å². The zero-order chi connectivity index (χ0) is 19.7. The second kappa shape index (κ2) is 8.05. The molecule has 148 valence electrons. The summed E-state index contributed by atoms with van der Waals surface area (Å²) in [4.78, 5) is 29.8. The van der Waals surface area contributed by atoms with Crippen molar-refractivity contribution in [3.8, 4) is 11.5 Å². The third-order valence-electron chi connectivity index (χ3n) is 5.16. The summed E-state index contributed by atoms with van der Waals surface area (Å²) in [6.07, 6.45) is 0.742. The number of hydrogen-bond acceptors (Lipinski definition) is 6. The standard InChI is InChI=1S/C20H22N2O4S2/c1-25-15-8-13-5-6-22(18(23)10-21-12-27-11-19(21)24)20(17-4-3-7-28-17)14(13)9-16(15)26-2/h3-4,7-9,20H,5-6,10-12H2,1-2H3. The molecule has 1 saturated heterocycles. The molecule has 1 atom stereocenters. The molecule has 28 heavy (non-hydrogen) atoms. The number of methoxy groups -OCH3 is 2. The lowest BCUT2D eigenvalue weighted by Gasteiger charge is -2.38.